The molecule has 0 fully saturated rings. The number of carbonyl (C=O) groups excluding carboxylic acids is 1. The van der Waals surface area contributed by atoms with Gasteiger partial charge in [0.25, 0.3) is 0 Å². The predicted molar refractivity (Wildman–Crippen MR) is 114 cm³/mol. The lowest BCUT2D eigenvalue weighted by atomic mass is 10.1. The number of nitrogens with one attached hydrogen (secondary N) is 1. The zero-order valence-electron chi connectivity index (χ0n) is 16.6. The highest BCUT2D eigenvalue weighted by Gasteiger charge is 2.15. The second kappa shape index (κ2) is 8.78. The number of pyridine rings is 1. The maximum atomic E-state index is 13.4. The van der Waals surface area contributed by atoms with E-state index in [1.807, 2.05) is 53.1 Å². The molecule has 0 saturated heterocycles. The SMILES string of the molecule is COc1ccccc1CNC(=O)CCc1c(-c2ccc(F)cc2)nc2ccccn12. The third kappa shape index (κ3) is 4.17. The fourth-order valence-electron chi connectivity index (χ4n) is 3.49. The van der Waals surface area contributed by atoms with Gasteiger partial charge in [-0.15, -0.1) is 0 Å². The highest BCUT2D eigenvalue weighted by atomic mass is 19.1. The summed E-state index contributed by atoms with van der Waals surface area (Å²) in [5, 5.41) is 2.95. The zero-order valence-corrected chi connectivity index (χ0v) is 16.6. The average molecular weight is 403 g/mol. The van der Waals surface area contributed by atoms with Crippen LogP contribution in [0.3, 0.4) is 0 Å². The van der Waals surface area contributed by atoms with Crippen molar-refractivity contribution in [3.63, 3.8) is 0 Å². The Bertz CT molecular complexity index is 1170. The number of carbonyl (C=O) groups is 1. The maximum absolute atomic E-state index is 13.4. The summed E-state index contributed by atoms with van der Waals surface area (Å²) < 4.78 is 20.7. The third-order valence-electron chi connectivity index (χ3n) is 5.00. The Labute approximate surface area is 174 Å². The number of ether oxygens (including phenoxy) is 1. The summed E-state index contributed by atoms with van der Waals surface area (Å²) in [4.78, 5) is 17.2. The lowest BCUT2D eigenvalue weighted by Crippen LogP contribution is -2.23. The van der Waals surface area contributed by atoms with E-state index in [-0.39, 0.29) is 11.7 Å². The van der Waals surface area contributed by atoms with Gasteiger partial charge in [-0.2, -0.15) is 0 Å². The minimum absolute atomic E-state index is 0.0585. The lowest BCUT2D eigenvalue weighted by molar-refractivity contribution is -0.121. The summed E-state index contributed by atoms with van der Waals surface area (Å²) >= 11 is 0. The standard InChI is InChI=1S/C24H22FN3O2/c1-30-21-7-3-2-6-18(21)16-26-23(29)14-13-20-24(17-9-11-19(25)12-10-17)27-22-8-4-5-15-28(20)22/h2-12,15H,13-14,16H2,1H3,(H,26,29). The number of hydrogen-bond acceptors (Lipinski definition) is 3. The van der Waals surface area contributed by atoms with Gasteiger partial charge in [0, 0.05) is 30.3 Å². The van der Waals surface area contributed by atoms with Gasteiger partial charge < -0.3 is 14.5 Å². The number of methoxy groups -OCH3 is 1. The van der Waals surface area contributed by atoms with Crippen LogP contribution in [0, 0.1) is 5.82 Å². The van der Waals surface area contributed by atoms with Crippen molar-refractivity contribution in [1.29, 1.82) is 0 Å². The van der Waals surface area contributed by atoms with Crippen molar-refractivity contribution in [2.45, 2.75) is 19.4 Å². The van der Waals surface area contributed by atoms with Gasteiger partial charge in [-0.05, 0) is 48.9 Å². The van der Waals surface area contributed by atoms with E-state index in [0.29, 0.717) is 19.4 Å². The average Bonchev–Trinajstić information content (AvgIpc) is 3.15. The normalized spacial score (nSPS) is 10.9. The number of fused-ring (bicyclic) bond motifs is 1. The summed E-state index contributed by atoms with van der Waals surface area (Å²) in [5.74, 6) is 0.398. The van der Waals surface area contributed by atoms with Crippen molar-refractivity contribution < 1.29 is 13.9 Å². The van der Waals surface area contributed by atoms with Gasteiger partial charge in [-0.1, -0.05) is 24.3 Å². The number of halogens is 1. The van der Waals surface area contributed by atoms with Crippen LogP contribution in [0.5, 0.6) is 5.75 Å². The van der Waals surface area contributed by atoms with Crippen LogP contribution in [0.1, 0.15) is 17.7 Å². The van der Waals surface area contributed by atoms with Crippen molar-refractivity contribution in [3.05, 3.63) is 90.0 Å². The van der Waals surface area contributed by atoms with Crippen molar-refractivity contribution in [1.82, 2.24) is 14.7 Å². The number of para-hydroxylation sites is 1. The first kappa shape index (κ1) is 19.6. The number of imidazole rings is 1. The number of hydrogen-bond donors (Lipinski definition) is 1. The number of amides is 1. The molecular formula is C24H22FN3O2. The van der Waals surface area contributed by atoms with E-state index in [2.05, 4.69) is 5.32 Å². The molecule has 0 aliphatic carbocycles. The molecule has 152 valence electrons. The Balaban J connectivity index is 1.51. The first-order chi connectivity index (χ1) is 14.7. The Hall–Kier alpha value is -3.67. The van der Waals surface area contributed by atoms with Crippen LogP contribution >= 0.6 is 0 Å². The molecule has 6 heteroatoms. The molecule has 0 bridgehead atoms. The molecule has 0 radical (unpaired) electrons. The van der Waals surface area contributed by atoms with E-state index in [0.717, 1.165) is 33.9 Å². The van der Waals surface area contributed by atoms with Crippen molar-refractivity contribution in [3.8, 4) is 17.0 Å². The first-order valence-electron chi connectivity index (χ1n) is 9.76. The molecule has 2 aromatic heterocycles. The van der Waals surface area contributed by atoms with Crippen LogP contribution in [0.4, 0.5) is 4.39 Å². The van der Waals surface area contributed by atoms with Gasteiger partial charge in [0.2, 0.25) is 5.91 Å². The van der Waals surface area contributed by atoms with Gasteiger partial charge in [-0.3, -0.25) is 4.79 Å². The molecule has 0 saturated carbocycles. The van der Waals surface area contributed by atoms with E-state index < -0.39 is 0 Å². The van der Waals surface area contributed by atoms with Crippen molar-refractivity contribution >= 4 is 11.6 Å². The smallest absolute Gasteiger partial charge is 0.220 e. The highest BCUT2D eigenvalue weighted by molar-refractivity contribution is 5.77. The van der Waals surface area contributed by atoms with E-state index in [4.69, 9.17) is 9.72 Å². The fourth-order valence-corrected chi connectivity index (χ4v) is 3.49. The molecule has 30 heavy (non-hydrogen) atoms. The fraction of sp³-hybridized carbons (Fsp3) is 0.167. The van der Waals surface area contributed by atoms with E-state index in [9.17, 15) is 9.18 Å². The number of nitrogens with zero attached hydrogens (tertiary/aromatic N) is 2. The largest absolute Gasteiger partial charge is 0.496 e. The maximum Gasteiger partial charge on any atom is 0.220 e. The monoisotopic (exact) mass is 403 g/mol. The third-order valence-corrected chi connectivity index (χ3v) is 5.00. The van der Waals surface area contributed by atoms with Crippen molar-refractivity contribution in [2.75, 3.05) is 7.11 Å². The molecule has 2 aromatic carbocycles. The number of benzene rings is 2. The summed E-state index contributed by atoms with van der Waals surface area (Å²) in [6.45, 7) is 0.404. The van der Waals surface area contributed by atoms with E-state index in [1.54, 1.807) is 19.2 Å². The molecule has 0 atom stereocenters. The summed E-state index contributed by atoms with van der Waals surface area (Å²) in [6, 6.07) is 19.6. The van der Waals surface area contributed by atoms with Crippen LogP contribution in [-0.4, -0.2) is 22.4 Å². The second-order valence-corrected chi connectivity index (χ2v) is 6.93. The van der Waals surface area contributed by atoms with Crippen molar-refractivity contribution in [2.24, 2.45) is 0 Å². The molecule has 0 aliphatic rings. The van der Waals surface area contributed by atoms with E-state index in [1.165, 1.54) is 12.1 Å². The van der Waals surface area contributed by atoms with Crippen LogP contribution in [0.25, 0.3) is 16.9 Å². The van der Waals surface area contributed by atoms with Gasteiger partial charge >= 0.3 is 0 Å². The lowest BCUT2D eigenvalue weighted by Gasteiger charge is -2.10. The molecule has 0 aliphatic heterocycles. The minimum Gasteiger partial charge on any atom is -0.496 e. The number of aryl methyl sites for hydroxylation is 1. The Morgan fingerprint density at radius 2 is 1.83 bits per heavy atom. The molecular weight excluding hydrogens is 381 g/mol. The van der Waals surface area contributed by atoms with Crippen LogP contribution < -0.4 is 10.1 Å². The van der Waals surface area contributed by atoms with Gasteiger partial charge in [0.05, 0.1) is 18.5 Å². The molecule has 0 unspecified atom stereocenters. The van der Waals surface area contributed by atoms with Gasteiger partial charge in [0.1, 0.15) is 17.2 Å². The molecule has 2 heterocycles. The Morgan fingerprint density at radius 3 is 2.63 bits per heavy atom. The first-order valence-corrected chi connectivity index (χ1v) is 9.76. The Morgan fingerprint density at radius 1 is 1.07 bits per heavy atom. The van der Waals surface area contributed by atoms with Gasteiger partial charge in [0.15, 0.2) is 0 Å². The summed E-state index contributed by atoms with van der Waals surface area (Å²) in [7, 11) is 1.61. The Kier molecular flexibility index (Phi) is 5.75. The molecule has 1 N–H and O–H groups in total. The number of aromatic nitrogens is 2. The van der Waals surface area contributed by atoms with Crippen LogP contribution in [0.15, 0.2) is 72.9 Å². The summed E-state index contributed by atoms with van der Waals surface area (Å²) in [5.41, 5.74) is 4.23. The molecule has 0 spiro atoms. The highest BCUT2D eigenvalue weighted by Crippen LogP contribution is 2.26. The quantitative estimate of drug-likeness (QED) is 0.498. The molecule has 5 nitrogen and oxygen atoms in total. The van der Waals surface area contributed by atoms with Crippen LogP contribution in [-0.2, 0) is 17.8 Å². The van der Waals surface area contributed by atoms with Gasteiger partial charge in [-0.25, -0.2) is 9.37 Å². The molecule has 4 rings (SSSR count). The number of rotatable bonds is 7. The van der Waals surface area contributed by atoms with E-state index >= 15 is 0 Å². The molecule has 1 amide bonds. The predicted octanol–water partition coefficient (Wildman–Crippen LogP) is 4.40. The second-order valence-electron chi connectivity index (χ2n) is 6.93. The topological polar surface area (TPSA) is 55.6 Å². The minimum atomic E-state index is -0.292. The summed E-state index contributed by atoms with van der Waals surface area (Å²) in [6.07, 6.45) is 2.75. The molecule has 4 aromatic rings. The zero-order chi connectivity index (χ0) is 20.9. The van der Waals surface area contributed by atoms with Crippen LogP contribution in [0.2, 0.25) is 0 Å².